The SMILES string of the molecule is COc1ccc2c(c1)[nH]c1cc(NCCNCC(O)c3ccc(Cl)c(NS(C)(=O)=O)c3)ccc12. The maximum absolute atomic E-state index is 11.5. The molecule has 0 radical (unpaired) electrons. The number of H-pyrrole nitrogens is 1. The van der Waals surface area contributed by atoms with E-state index in [1.54, 1.807) is 25.3 Å². The Bertz CT molecular complexity index is 1420. The monoisotopic (exact) mass is 502 g/mol. The quantitative estimate of drug-likeness (QED) is 0.209. The number of aromatic nitrogens is 1. The molecule has 1 atom stereocenters. The van der Waals surface area contributed by atoms with Gasteiger partial charge in [0.2, 0.25) is 10.0 Å². The number of anilines is 2. The van der Waals surface area contributed by atoms with Gasteiger partial charge in [-0.05, 0) is 42.0 Å². The van der Waals surface area contributed by atoms with Crippen molar-refractivity contribution >= 4 is 54.8 Å². The number of hydrogen-bond donors (Lipinski definition) is 5. The number of halogens is 1. The maximum Gasteiger partial charge on any atom is 0.229 e. The van der Waals surface area contributed by atoms with Crippen molar-refractivity contribution in [2.45, 2.75) is 6.10 Å². The summed E-state index contributed by atoms with van der Waals surface area (Å²) in [6.07, 6.45) is 0.241. The zero-order valence-corrected chi connectivity index (χ0v) is 20.4. The lowest BCUT2D eigenvalue weighted by molar-refractivity contribution is 0.175. The van der Waals surface area contributed by atoms with Crippen molar-refractivity contribution in [1.82, 2.24) is 10.3 Å². The van der Waals surface area contributed by atoms with Gasteiger partial charge in [0.05, 0.1) is 35.7 Å². The van der Waals surface area contributed by atoms with E-state index < -0.39 is 16.1 Å². The summed E-state index contributed by atoms with van der Waals surface area (Å²) in [7, 11) is -1.81. The summed E-state index contributed by atoms with van der Waals surface area (Å²) in [5.41, 5.74) is 3.87. The van der Waals surface area contributed by atoms with Gasteiger partial charge >= 0.3 is 0 Å². The number of hydrogen-bond acceptors (Lipinski definition) is 6. The number of aliphatic hydroxyl groups is 1. The van der Waals surface area contributed by atoms with Crippen LogP contribution in [0.3, 0.4) is 0 Å². The van der Waals surface area contributed by atoms with Crippen LogP contribution in [0.4, 0.5) is 11.4 Å². The van der Waals surface area contributed by atoms with Gasteiger partial charge in [-0.2, -0.15) is 0 Å². The molecule has 34 heavy (non-hydrogen) atoms. The molecule has 0 aliphatic carbocycles. The minimum atomic E-state index is -3.47. The van der Waals surface area contributed by atoms with Crippen molar-refractivity contribution in [3.63, 3.8) is 0 Å². The van der Waals surface area contributed by atoms with Crippen LogP contribution >= 0.6 is 11.6 Å². The van der Waals surface area contributed by atoms with Gasteiger partial charge in [0.15, 0.2) is 0 Å². The largest absolute Gasteiger partial charge is 0.497 e. The van der Waals surface area contributed by atoms with E-state index in [4.69, 9.17) is 16.3 Å². The minimum absolute atomic E-state index is 0.244. The van der Waals surface area contributed by atoms with Crippen molar-refractivity contribution in [2.24, 2.45) is 0 Å². The van der Waals surface area contributed by atoms with Crippen LogP contribution in [0.2, 0.25) is 5.02 Å². The highest BCUT2D eigenvalue weighted by Crippen LogP contribution is 2.30. The second kappa shape index (κ2) is 10.1. The molecule has 0 saturated carbocycles. The molecule has 4 aromatic rings. The third-order valence-electron chi connectivity index (χ3n) is 5.44. The summed E-state index contributed by atoms with van der Waals surface area (Å²) in [6.45, 7) is 1.60. The van der Waals surface area contributed by atoms with Crippen LogP contribution in [0.1, 0.15) is 11.7 Å². The zero-order chi connectivity index (χ0) is 24.3. The van der Waals surface area contributed by atoms with Crippen LogP contribution in [0, 0.1) is 0 Å². The predicted octanol–water partition coefficient (Wildman–Crippen LogP) is 4.09. The molecule has 0 saturated heterocycles. The predicted molar refractivity (Wildman–Crippen MR) is 139 cm³/mol. The maximum atomic E-state index is 11.5. The molecular formula is C24H27ClN4O4S. The fraction of sp³-hybridized carbons (Fsp3) is 0.250. The normalized spacial score (nSPS) is 12.7. The summed E-state index contributed by atoms with van der Waals surface area (Å²) in [5.74, 6) is 0.812. The van der Waals surface area contributed by atoms with Gasteiger partial charge in [-0.25, -0.2) is 8.42 Å². The Morgan fingerprint density at radius 3 is 2.50 bits per heavy atom. The first-order valence-corrected chi connectivity index (χ1v) is 13.0. The van der Waals surface area contributed by atoms with Gasteiger partial charge in [-0.3, -0.25) is 4.72 Å². The molecular weight excluding hydrogens is 476 g/mol. The third-order valence-corrected chi connectivity index (χ3v) is 6.37. The molecule has 1 unspecified atom stereocenters. The smallest absolute Gasteiger partial charge is 0.229 e. The topological polar surface area (TPSA) is 115 Å². The lowest BCUT2D eigenvalue weighted by Gasteiger charge is -2.15. The summed E-state index contributed by atoms with van der Waals surface area (Å²) in [5, 5.41) is 19.6. The number of ether oxygens (including phenoxy) is 1. The van der Waals surface area contributed by atoms with Gasteiger partial charge < -0.3 is 25.5 Å². The highest BCUT2D eigenvalue weighted by Gasteiger charge is 2.12. The summed E-state index contributed by atoms with van der Waals surface area (Å²) >= 11 is 6.04. The molecule has 0 aliphatic rings. The van der Waals surface area contributed by atoms with Crippen molar-refractivity contribution in [1.29, 1.82) is 0 Å². The van der Waals surface area contributed by atoms with Crippen molar-refractivity contribution in [3.8, 4) is 5.75 Å². The van der Waals surface area contributed by atoms with Gasteiger partial charge in [0.25, 0.3) is 0 Å². The lowest BCUT2D eigenvalue weighted by atomic mass is 10.1. The fourth-order valence-corrected chi connectivity index (χ4v) is 4.60. The second-order valence-electron chi connectivity index (χ2n) is 8.06. The summed E-state index contributed by atoms with van der Waals surface area (Å²) in [4.78, 5) is 3.43. The molecule has 8 nitrogen and oxygen atoms in total. The Morgan fingerprint density at radius 2 is 1.76 bits per heavy atom. The van der Waals surface area contributed by atoms with E-state index in [0.717, 1.165) is 39.5 Å². The van der Waals surface area contributed by atoms with E-state index >= 15 is 0 Å². The third kappa shape index (κ3) is 5.74. The molecule has 0 amide bonds. The first kappa shape index (κ1) is 24.2. The highest BCUT2D eigenvalue weighted by atomic mass is 35.5. The average Bonchev–Trinajstić information content (AvgIpc) is 3.16. The Balaban J connectivity index is 1.30. The van der Waals surface area contributed by atoms with Crippen molar-refractivity contribution < 1.29 is 18.3 Å². The summed E-state index contributed by atoms with van der Waals surface area (Å²) < 4.78 is 30.6. The standard InChI is InChI=1S/C24H27ClN4O4S/c1-33-17-5-7-19-18-6-4-16(12-21(18)28-22(19)13-17)27-10-9-26-14-24(30)15-3-8-20(25)23(11-15)29-34(2,31)32/h3-8,11-13,24,26-30H,9-10,14H2,1-2H3. The van der Waals surface area contributed by atoms with E-state index in [0.29, 0.717) is 25.2 Å². The van der Waals surface area contributed by atoms with E-state index in [2.05, 4.69) is 38.5 Å². The first-order valence-electron chi connectivity index (χ1n) is 10.7. The average molecular weight is 503 g/mol. The van der Waals surface area contributed by atoms with Crippen LogP contribution in [0.5, 0.6) is 5.75 Å². The van der Waals surface area contributed by atoms with Gasteiger partial charge in [-0.1, -0.05) is 23.7 Å². The van der Waals surface area contributed by atoms with Crippen LogP contribution < -0.4 is 20.1 Å². The molecule has 0 bridgehead atoms. The highest BCUT2D eigenvalue weighted by molar-refractivity contribution is 7.92. The Morgan fingerprint density at radius 1 is 1.03 bits per heavy atom. The van der Waals surface area contributed by atoms with E-state index in [1.165, 1.54) is 0 Å². The number of aromatic amines is 1. The van der Waals surface area contributed by atoms with E-state index in [-0.39, 0.29) is 10.7 Å². The number of sulfonamides is 1. The molecule has 4 rings (SSSR count). The molecule has 3 aromatic carbocycles. The van der Waals surface area contributed by atoms with Crippen LogP contribution in [-0.2, 0) is 10.0 Å². The number of methoxy groups -OCH3 is 1. The molecule has 180 valence electrons. The number of benzene rings is 3. The number of fused-ring (bicyclic) bond motifs is 3. The van der Waals surface area contributed by atoms with E-state index in [1.807, 2.05) is 18.2 Å². The number of nitrogens with one attached hydrogen (secondary N) is 4. The van der Waals surface area contributed by atoms with Crippen LogP contribution in [-0.4, -0.2) is 51.5 Å². The van der Waals surface area contributed by atoms with Crippen LogP contribution in [0.25, 0.3) is 21.8 Å². The van der Waals surface area contributed by atoms with E-state index in [9.17, 15) is 13.5 Å². The molecule has 0 aliphatic heterocycles. The molecule has 5 N–H and O–H groups in total. The van der Waals surface area contributed by atoms with Gasteiger partial charge in [0.1, 0.15) is 5.75 Å². The molecule has 1 aromatic heterocycles. The molecule has 1 heterocycles. The Labute approximate surface area is 203 Å². The summed E-state index contributed by atoms with van der Waals surface area (Å²) in [6, 6.07) is 17.0. The number of rotatable bonds is 10. The Kier molecular flexibility index (Phi) is 7.18. The fourth-order valence-electron chi connectivity index (χ4n) is 3.81. The van der Waals surface area contributed by atoms with Gasteiger partial charge in [0, 0.05) is 47.7 Å². The molecule has 0 spiro atoms. The Hall–Kier alpha value is -2.98. The van der Waals surface area contributed by atoms with Crippen molar-refractivity contribution in [3.05, 3.63) is 65.2 Å². The lowest BCUT2D eigenvalue weighted by Crippen LogP contribution is -2.27. The molecule has 0 fully saturated rings. The van der Waals surface area contributed by atoms with Crippen LogP contribution in [0.15, 0.2) is 54.6 Å². The number of aliphatic hydroxyl groups excluding tert-OH is 1. The first-order chi connectivity index (χ1) is 16.2. The van der Waals surface area contributed by atoms with Gasteiger partial charge in [-0.15, -0.1) is 0 Å². The second-order valence-corrected chi connectivity index (χ2v) is 10.2. The minimum Gasteiger partial charge on any atom is -0.497 e. The zero-order valence-electron chi connectivity index (χ0n) is 18.9. The molecule has 10 heteroatoms. The van der Waals surface area contributed by atoms with Crippen molar-refractivity contribution in [2.75, 3.05) is 43.0 Å².